The molecule has 0 saturated carbocycles. The lowest BCUT2D eigenvalue weighted by molar-refractivity contribution is 0.719. The second kappa shape index (κ2) is 6.12. The second-order valence-electron chi connectivity index (χ2n) is 2.68. The normalized spacial score (nSPS) is 10.3. The molecule has 0 fully saturated rings. The first-order chi connectivity index (χ1) is 6.79. The molecule has 1 aromatic rings. The molecule has 0 atom stereocenters. The molecule has 0 spiro atoms. The first kappa shape index (κ1) is 10.7. The van der Waals surface area contributed by atoms with Crippen LogP contribution >= 0.6 is 12.2 Å². The van der Waals surface area contributed by atoms with Crippen molar-refractivity contribution >= 4 is 23.4 Å². The Kier molecular flexibility index (Phi) is 4.68. The van der Waals surface area contributed by atoms with Gasteiger partial charge in [0, 0.05) is 6.54 Å². The van der Waals surface area contributed by atoms with Crippen molar-refractivity contribution in [2.75, 3.05) is 6.54 Å². The Morgan fingerprint density at radius 1 is 1.36 bits per heavy atom. The highest BCUT2D eigenvalue weighted by molar-refractivity contribution is 7.80. The van der Waals surface area contributed by atoms with E-state index in [1.165, 1.54) is 5.56 Å². The summed E-state index contributed by atoms with van der Waals surface area (Å²) in [6.45, 7) is 0.673. The molecule has 0 bridgehead atoms. The van der Waals surface area contributed by atoms with E-state index in [0.717, 1.165) is 0 Å². The molecule has 0 saturated heterocycles. The van der Waals surface area contributed by atoms with Crippen LogP contribution < -0.4 is 16.6 Å². The van der Waals surface area contributed by atoms with E-state index < -0.39 is 0 Å². The van der Waals surface area contributed by atoms with E-state index in [4.69, 9.17) is 5.73 Å². The summed E-state index contributed by atoms with van der Waals surface area (Å²) in [5, 5.41) is 0.248. The predicted octanol–water partition coefficient (Wildman–Crippen LogP) is 1.04. The second-order valence-corrected chi connectivity index (χ2v) is 3.12. The van der Waals surface area contributed by atoms with Crippen LogP contribution in [-0.4, -0.2) is 11.7 Å². The number of hydrogen-bond donors (Lipinski definition) is 3. The SMILES string of the molecule is NC(=S)NNCC=Cc1ccccc1. The lowest BCUT2D eigenvalue weighted by Gasteiger charge is -2.01. The quantitative estimate of drug-likeness (QED) is 0.392. The first-order valence-electron chi connectivity index (χ1n) is 4.29. The summed E-state index contributed by atoms with van der Waals surface area (Å²) in [6, 6.07) is 10.1. The van der Waals surface area contributed by atoms with Gasteiger partial charge in [-0.1, -0.05) is 42.5 Å². The molecule has 0 heterocycles. The third kappa shape index (κ3) is 4.59. The van der Waals surface area contributed by atoms with Crippen molar-refractivity contribution < 1.29 is 0 Å². The number of hydrazine groups is 1. The molecule has 14 heavy (non-hydrogen) atoms. The molecule has 1 aromatic carbocycles. The van der Waals surface area contributed by atoms with Gasteiger partial charge < -0.3 is 5.73 Å². The predicted molar refractivity (Wildman–Crippen MR) is 63.4 cm³/mol. The lowest BCUT2D eigenvalue weighted by atomic mass is 10.2. The Morgan fingerprint density at radius 2 is 2.07 bits per heavy atom. The molecule has 3 nitrogen and oxygen atoms in total. The zero-order valence-corrected chi connectivity index (χ0v) is 8.55. The maximum Gasteiger partial charge on any atom is 0.178 e. The van der Waals surface area contributed by atoms with Gasteiger partial charge in [-0.15, -0.1) is 0 Å². The number of nitrogens with one attached hydrogen (secondary N) is 2. The average Bonchev–Trinajstić information content (AvgIpc) is 2.18. The maximum atomic E-state index is 5.22. The molecule has 4 heteroatoms. The van der Waals surface area contributed by atoms with Crippen molar-refractivity contribution in [3.8, 4) is 0 Å². The smallest absolute Gasteiger partial charge is 0.178 e. The van der Waals surface area contributed by atoms with Crippen LogP contribution in [0.3, 0.4) is 0 Å². The van der Waals surface area contributed by atoms with Gasteiger partial charge in [0.2, 0.25) is 0 Å². The van der Waals surface area contributed by atoms with Gasteiger partial charge in [-0.05, 0) is 17.8 Å². The van der Waals surface area contributed by atoms with Gasteiger partial charge in [-0.3, -0.25) is 5.43 Å². The number of rotatable bonds is 4. The number of nitrogens with two attached hydrogens (primary N) is 1. The van der Waals surface area contributed by atoms with Gasteiger partial charge in [0.15, 0.2) is 5.11 Å². The van der Waals surface area contributed by atoms with E-state index in [0.29, 0.717) is 6.54 Å². The Bertz CT molecular complexity index is 308. The van der Waals surface area contributed by atoms with Crippen molar-refractivity contribution in [3.63, 3.8) is 0 Å². The van der Waals surface area contributed by atoms with Gasteiger partial charge in [-0.2, -0.15) is 0 Å². The van der Waals surface area contributed by atoms with Crippen LogP contribution in [0.15, 0.2) is 36.4 Å². The fourth-order valence-electron chi connectivity index (χ4n) is 0.956. The summed E-state index contributed by atoms with van der Waals surface area (Å²) in [7, 11) is 0. The van der Waals surface area contributed by atoms with Crippen LogP contribution in [0.5, 0.6) is 0 Å². The molecule has 0 aliphatic carbocycles. The molecule has 0 radical (unpaired) electrons. The first-order valence-corrected chi connectivity index (χ1v) is 4.70. The topological polar surface area (TPSA) is 50.1 Å². The zero-order chi connectivity index (χ0) is 10.2. The number of benzene rings is 1. The van der Waals surface area contributed by atoms with Crippen LogP contribution in [0, 0.1) is 0 Å². The Labute approximate surface area is 89.0 Å². The molecule has 0 aromatic heterocycles. The van der Waals surface area contributed by atoms with Gasteiger partial charge in [0.25, 0.3) is 0 Å². The fourth-order valence-corrected chi connectivity index (χ4v) is 1.03. The molecule has 74 valence electrons. The number of hydrogen-bond acceptors (Lipinski definition) is 2. The van der Waals surface area contributed by atoms with E-state index in [1.807, 2.05) is 42.5 Å². The number of thiocarbonyl (C=S) groups is 1. The van der Waals surface area contributed by atoms with Crippen LogP contribution in [0.25, 0.3) is 6.08 Å². The molecule has 0 unspecified atom stereocenters. The monoisotopic (exact) mass is 207 g/mol. The Morgan fingerprint density at radius 3 is 2.71 bits per heavy atom. The third-order valence-electron chi connectivity index (χ3n) is 1.54. The third-order valence-corrected chi connectivity index (χ3v) is 1.64. The van der Waals surface area contributed by atoms with Crippen molar-refractivity contribution in [1.82, 2.24) is 10.9 Å². The minimum atomic E-state index is 0.248. The minimum absolute atomic E-state index is 0.248. The standard InChI is InChI=1S/C10H13N3S/c11-10(14)13-12-8-4-7-9-5-2-1-3-6-9/h1-7,12H,8H2,(H3,11,13,14). The molecular formula is C10H13N3S. The van der Waals surface area contributed by atoms with Crippen molar-refractivity contribution in [1.29, 1.82) is 0 Å². The van der Waals surface area contributed by atoms with Gasteiger partial charge >= 0.3 is 0 Å². The summed E-state index contributed by atoms with van der Waals surface area (Å²) in [4.78, 5) is 0. The molecular weight excluding hydrogens is 194 g/mol. The zero-order valence-electron chi connectivity index (χ0n) is 7.73. The highest BCUT2D eigenvalue weighted by Gasteiger charge is 1.83. The largest absolute Gasteiger partial charge is 0.375 e. The van der Waals surface area contributed by atoms with E-state index in [-0.39, 0.29) is 5.11 Å². The highest BCUT2D eigenvalue weighted by Crippen LogP contribution is 1.99. The van der Waals surface area contributed by atoms with E-state index in [2.05, 4.69) is 23.1 Å². The summed E-state index contributed by atoms with van der Waals surface area (Å²) in [6.07, 6.45) is 4.01. The van der Waals surface area contributed by atoms with Gasteiger partial charge in [0.05, 0.1) is 0 Å². The summed E-state index contributed by atoms with van der Waals surface area (Å²) >= 11 is 4.62. The lowest BCUT2D eigenvalue weighted by Crippen LogP contribution is -2.40. The molecule has 0 amide bonds. The van der Waals surface area contributed by atoms with Crippen molar-refractivity contribution in [2.45, 2.75) is 0 Å². The van der Waals surface area contributed by atoms with Gasteiger partial charge in [-0.25, -0.2) is 5.43 Å². The molecule has 4 N–H and O–H groups in total. The van der Waals surface area contributed by atoms with Crippen LogP contribution in [-0.2, 0) is 0 Å². The van der Waals surface area contributed by atoms with E-state index >= 15 is 0 Å². The molecule has 0 aliphatic rings. The summed E-state index contributed by atoms with van der Waals surface area (Å²) < 4.78 is 0. The Balaban J connectivity index is 2.25. The average molecular weight is 207 g/mol. The Hall–Kier alpha value is -1.39. The minimum Gasteiger partial charge on any atom is -0.375 e. The van der Waals surface area contributed by atoms with E-state index in [1.54, 1.807) is 0 Å². The summed E-state index contributed by atoms with van der Waals surface area (Å²) in [5.74, 6) is 0. The van der Waals surface area contributed by atoms with Crippen LogP contribution in [0.1, 0.15) is 5.56 Å². The van der Waals surface area contributed by atoms with Gasteiger partial charge in [0.1, 0.15) is 0 Å². The molecule has 0 aliphatic heterocycles. The molecule has 1 rings (SSSR count). The maximum absolute atomic E-state index is 5.22. The van der Waals surface area contributed by atoms with Crippen molar-refractivity contribution in [2.24, 2.45) is 5.73 Å². The summed E-state index contributed by atoms with van der Waals surface area (Å²) in [5.41, 5.74) is 11.9. The van der Waals surface area contributed by atoms with Crippen LogP contribution in [0.4, 0.5) is 0 Å². The van der Waals surface area contributed by atoms with Crippen molar-refractivity contribution in [3.05, 3.63) is 42.0 Å². The van der Waals surface area contributed by atoms with Crippen LogP contribution in [0.2, 0.25) is 0 Å². The highest BCUT2D eigenvalue weighted by atomic mass is 32.1. The fraction of sp³-hybridized carbons (Fsp3) is 0.100. The van der Waals surface area contributed by atoms with E-state index in [9.17, 15) is 0 Å².